The van der Waals surface area contributed by atoms with E-state index in [0.717, 1.165) is 5.69 Å². The van der Waals surface area contributed by atoms with E-state index in [9.17, 15) is 9.59 Å². The van der Waals surface area contributed by atoms with Gasteiger partial charge in [0.05, 0.1) is 12.2 Å². The maximum atomic E-state index is 11.8. The predicted molar refractivity (Wildman–Crippen MR) is 74.8 cm³/mol. The average molecular weight is 293 g/mol. The Labute approximate surface area is 119 Å². The van der Waals surface area contributed by atoms with E-state index in [1.807, 2.05) is 5.38 Å². The van der Waals surface area contributed by atoms with Gasteiger partial charge in [0, 0.05) is 24.8 Å². The fourth-order valence-electron chi connectivity index (χ4n) is 1.87. The summed E-state index contributed by atoms with van der Waals surface area (Å²) in [5, 5.41) is 9.29. The third-order valence-electron chi connectivity index (χ3n) is 3.20. The van der Waals surface area contributed by atoms with Crippen LogP contribution in [0, 0.1) is 0 Å². The molecule has 0 aliphatic heterocycles. The number of nitrogens with one attached hydrogen (secondary N) is 1. The number of aryl methyl sites for hydroxylation is 2. The van der Waals surface area contributed by atoms with Crippen LogP contribution in [0.1, 0.15) is 30.9 Å². The quantitative estimate of drug-likeness (QED) is 0.889. The van der Waals surface area contributed by atoms with Crippen molar-refractivity contribution in [1.29, 1.82) is 0 Å². The highest BCUT2D eigenvalue weighted by Gasteiger charge is 2.26. The van der Waals surface area contributed by atoms with E-state index in [4.69, 9.17) is 0 Å². The van der Waals surface area contributed by atoms with Gasteiger partial charge in [-0.25, -0.2) is 14.5 Å². The van der Waals surface area contributed by atoms with Crippen molar-refractivity contribution < 1.29 is 4.79 Å². The first-order valence-corrected chi connectivity index (χ1v) is 7.35. The maximum absolute atomic E-state index is 11.8. The molecule has 7 nitrogen and oxygen atoms in total. The zero-order chi connectivity index (χ0) is 14.1. The summed E-state index contributed by atoms with van der Waals surface area (Å²) < 4.78 is 2.65. The highest BCUT2D eigenvalue weighted by atomic mass is 32.1. The molecule has 1 aliphatic carbocycles. The van der Waals surface area contributed by atoms with Crippen molar-refractivity contribution in [2.24, 2.45) is 7.05 Å². The zero-order valence-electron chi connectivity index (χ0n) is 11.1. The molecule has 0 saturated heterocycles. The molecule has 8 heteroatoms. The number of aromatic nitrogens is 4. The molecule has 1 aliphatic rings. The van der Waals surface area contributed by atoms with Gasteiger partial charge >= 0.3 is 5.69 Å². The Balaban J connectivity index is 1.53. The van der Waals surface area contributed by atoms with E-state index in [2.05, 4.69) is 15.4 Å². The van der Waals surface area contributed by atoms with Crippen molar-refractivity contribution in [2.45, 2.75) is 31.7 Å². The topological polar surface area (TPSA) is 81.8 Å². The van der Waals surface area contributed by atoms with Crippen LogP contribution in [0.5, 0.6) is 0 Å². The Bertz CT molecular complexity index is 682. The van der Waals surface area contributed by atoms with Crippen molar-refractivity contribution in [3.05, 3.63) is 27.9 Å². The number of carbonyl (C=O) groups excluding carboxylic acids is 1. The smallest absolute Gasteiger partial charge is 0.302 e. The molecule has 1 fully saturated rings. The lowest BCUT2D eigenvalue weighted by Crippen LogP contribution is -2.25. The number of amides is 1. The Kier molecular flexibility index (Phi) is 3.39. The Morgan fingerprint density at radius 2 is 2.35 bits per heavy atom. The summed E-state index contributed by atoms with van der Waals surface area (Å²) in [6, 6.07) is 0. The molecular formula is C12H15N5O2S. The van der Waals surface area contributed by atoms with Gasteiger partial charge in [0.1, 0.15) is 6.33 Å². The van der Waals surface area contributed by atoms with E-state index in [-0.39, 0.29) is 24.6 Å². The third-order valence-corrected chi connectivity index (χ3v) is 3.98. The zero-order valence-corrected chi connectivity index (χ0v) is 11.9. The van der Waals surface area contributed by atoms with Gasteiger partial charge in [-0.05, 0) is 12.8 Å². The van der Waals surface area contributed by atoms with E-state index < -0.39 is 0 Å². The molecule has 0 aromatic carbocycles. The van der Waals surface area contributed by atoms with Crippen molar-refractivity contribution >= 4 is 22.4 Å². The maximum Gasteiger partial charge on any atom is 0.345 e. The fraction of sp³-hybridized carbons (Fsp3) is 0.500. The van der Waals surface area contributed by atoms with Gasteiger partial charge in [0.15, 0.2) is 5.13 Å². The standard InChI is InChI=1S/C12H15N5O2S/c1-16-7-13-17(12(16)19)5-4-10(18)15-11-14-9(6-20-11)8-2-3-8/h6-8H,2-5H2,1H3,(H,14,15,18). The summed E-state index contributed by atoms with van der Waals surface area (Å²) in [6.45, 7) is 0.270. The summed E-state index contributed by atoms with van der Waals surface area (Å²) in [7, 11) is 1.63. The third kappa shape index (κ3) is 2.79. The van der Waals surface area contributed by atoms with Gasteiger partial charge in [0.25, 0.3) is 0 Å². The van der Waals surface area contributed by atoms with Gasteiger partial charge in [-0.2, -0.15) is 5.10 Å². The van der Waals surface area contributed by atoms with Crippen LogP contribution in [0.3, 0.4) is 0 Å². The van der Waals surface area contributed by atoms with Crippen molar-refractivity contribution in [3.63, 3.8) is 0 Å². The van der Waals surface area contributed by atoms with Crippen molar-refractivity contribution in [2.75, 3.05) is 5.32 Å². The molecule has 0 unspecified atom stereocenters. The second kappa shape index (κ2) is 5.20. The lowest BCUT2D eigenvalue weighted by Gasteiger charge is -2.01. The van der Waals surface area contributed by atoms with E-state index in [0.29, 0.717) is 11.0 Å². The van der Waals surface area contributed by atoms with Crippen LogP contribution in [0.4, 0.5) is 5.13 Å². The summed E-state index contributed by atoms with van der Waals surface area (Å²) in [4.78, 5) is 27.7. The minimum absolute atomic E-state index is 0.153. The lowest BCUT2D eigenvalue weighted by molar-refractivity contribution is -0.116. The molecule has 2 aromatic rings. The average Bonchev–Trinajstić information content (AvgIpc) is 3.10. The number of hydrogen-bond donors (Lipinski definition) is 1. The van der Waals surface area contributed by atoms with Crippen LogP contribution < -0.4 is 11.0 Å². The monoisotopic (exact) mass is 293 g/mol. The Morgan fingerprint density at radius 1 is 1.55 bits per heavy atom. The van der Waals surface area contributed by atoms with Crippen LogP contribution in [0.25, 0.3) is 0 Å². The molecule has 0 atom stereocenters. The van der Waals surface area contributed by atoms with Gasteiger partial charge in [0.2, 0.25) is 5.91 Å². The second-order valence-corrected chi connectivity index (χ2v) is 5.76. The molecule has 106 valence electrons. The Hall–Kier alpha value is -1.96. The first kappa shape index (κ1) is 13.0. The first-order valence-electron chi connectivity index (χ1n) is 6.47. The van der Waals surface area contributed by atoms with Crippen LogP contribution in [0.15, 0.2) is 16.5 Å². The largest absolute Gasteiger partial charge is 0.345 e. The summed E-state index contributed by atoms with van der Waals surface area (Å²) >= 11 is 1.44. The summed E-state index contributed by atoms with van der Waals surface area (Å²) in [5.41, 5.74) is 0.856. The summed E-state index contributed by atoms with van der Waals surface area (Å²) in [6.07, 6.45) is 4.03. The predicted octanol–water partition coefficient (Wildman–Crippen LogP) is 0.944. The van der Waals surface area contributed by atoms with Crippen LogP contribution in [-0.4, -0.2) is 25.2 Å². The molecule has 1 N–H and O–H groups in total. The molecule has 2 aromatic heterocycles. The highest BCUT2D eigenvalue weighted by Crippen LogP contribution is 2.40. The van der Waals surface area contributed by atoms with E-state index >= 15 is 0 Å². The van der Waals surface area contributed by atoms with Gasteiger partial charge in [-0.15, -0.1) is 11.3 Å². The van der Waals surface area contributed by atoms with E-state index in [1.54, 1.807) is 7.05 Å². The van der Waals surface area contributed by atoms with Gasteiger partial charge in [-0.1, -0.05) is 0 Å². The van der Waals surface area contributed by atoms with Crippen LogP contribution >= 0.6 is 11.3 Å². The SMILES string of the molecule is Cn1cnn(CCC(=O)Nc2nc(C3CC3)cs2)c1=O. The van der Waals surface area contributed by atoms with Gasteiger partial charge < -0.3 is 5.32 Å². The normalized spacial score (nSPS) is 14.4. The second-order valence-electron chi connectivity index (χ2n) is 4.90. The minimum Gasteiger partial charge on any atom is -0.302 e. The van der Waals surface area contributed by atoms with Gasteiger partial charge in [-0.3, -0.25) is 9.36 Å². The first-order chi connectivity index (χ1) is 9.63. The minimum atomic E-state index is -0.219. The molecule has 2 heterocycles. The van der Waals surface area contributed by atoms with Crippen molar-refractivity contribution in [3.8, 4) is 0 Å². The number of nitrogens with zero attached hydrogens (tertiary/aromatic N) is 4. The highest BCUT2D eigenvalue weighted by molar-refractivity contribution is 7.13. The van der Waals surface area contributed by atoms with Crippen molar-refractivity contribution in [1.82, 2.24) is 19.3 Å². The number of anilines is 1. The number of rotatable bonds is 5. The molecule has 1 saturated carbocycles. The molecular weight excluding hydrogens is 278 g/mol. The Morgan fingerprint density at radius 3 is 3.00 bits per heavy atom. The molecule has 0 bridgehead atoms. The fourth-order valence-corrected chi connectivity index (χ4v) is 2.68. The molecule has 1 amide bonds. The number of thiazole rings is 1. The molecule has 0 radical (unpaired) electrons. The number of carbonyl (C=O) groups is 1. The van der Waals surface area contributed by atoms with Crippen LogP contribution in [-0.2, 0) is 18.4 Å². The summed E-state index contributed by atoms with van der Waals surface area (Å²) in [5.74, 6) is 0.434. The van der Waals surface area contributed by atoms with E-state index in [1.165, 1.54) is 39.8 Å². The lowest BCUT2D eigenvalue weighted by atomic mass is 10.3. The number of hydrogen-bond acceptors (Lipinski definition) is 5. The van der Waals surface area contributed by atoms with Crippen LogP contribution in [0.2, 0.25) is 0 Å². The molecule has 3 rings (SSSR count). The molecule has 20 heavy (non-hydrogen) atoms. The molecule has 0 spiro atoms.